The minimum absolute atomic E-state index is 0.0181. The number of carbonyl (C=O) groups is 1. The Balaban J connectivity index is 2.23. The van der Waals surface area contributed by atoms with Crippen LogP contribution in [0.2, 0.25) is 0 Å². The van der Waals surface area contributed by atoms with Crippen LogP contribution >= 0.6 is 15.9 Å². The van der Waals surface area contributed by atoms with Crippen LogP contribution < -0.4 is 5.32 Å². The van der Waals surface area contributed by atoms with Gasteiger partial charge in [0.25, 0.3) is 0 Å². The molecule has 6 heteroatoms. The van der Waals surface area contributed by atoms with E-state index in [1.165, 1.54) is 6.33 Å². The number of nitrogens with zero attached hydrogens (tertiary/aromatic N) is 2. The summed E-state index contributed by atoms with van der Waals surface area (Å²) in [4.78, 5) is 15.3. The molecule has 1 aromatic heterocycles. The van der Waals surface area contributed by atoms with E-state index in [0.29, 0.717) is 13.0 Å². The van der Waals surface area contributed by atoms with Crippen LogP contribution in [-0.4, -0.2) is 32.5 Å². The van der Waals surface area contributed by atoms with Gasteiger partial charge in [-0.15, -0.1) is 0 Å². The van der Waals surface area contributed by atoms with Gasteiger partial charge < -0.3 is 5.32 Å². The molecule has 84 valence electrons. The minimum Gasteiger partial charge on any atom is -0.355 e. The molecule has 0 spiro atoms. The average Bonchev–Trinajstić information content (AvgIpc) is 2.69. The highest BCUT2D eigenvalue weighted by Gasteiger charge is 2.17. The summed E-state index contributed by atoms with van der Waals surface area (Å²) in [5.74, 6) is 1.09. The van der Waals surface area contributed by atoms with Crippen molar-refractivity contribution in [3.05, 3.63) is 12.2 Å². The normalized spacial score (nSPS) is 12.8. The predicted octanol–water partition coefficient (Wildman–Crippen LogP) is 0.883. The molecule has 0 bridgehead atoms. The standard InChI is InChI=1S/C9H15BrN4O/c1-6(2)8(10)9(15)11-4-3-7-12-5-13-14-7/h5-6,8H,3-4H2,1-2H3,(H,11,15)(H,12,13,14). The van der Waals surface area contributed by atoms with Gasteiger partial charge in [-0.2, -0.15) is 5.10 Å². The van der Waals surface area contributed by atoms with E-state index in [1.54, 1.807) is 0 Å². The Hall–Kier alpha value is -0.910. The third kappa shape index (κ3) is 3.99. The van der Waals surface area contributed by atoms with Crippen molar-refractivity contribution in [3.8, 4) is 0 Å². The van der Waals surface area contributed by atoms with Crippen LogP contribution in [0.4, 0.5) is 0 Å². The Kier molecular flexibility index (Phi) is 4.74. The van der Waals surface area contributed by atoms with Crippen molar-refractivity contribution in [3.63, 3.8) is 0 Å². The molecule has 5 nitrogen and oxygen atoms in total. The van der Waals surface area contributed by atoms with Crippen LogP contribution in [0.5, 0.6) is 0 Å². The zero-order chi connectivity index (χ0) is 11.3. The van der Waals surface area contributed by atoms with E-state index in [2.05, 4.69) is 36.4 Å². The van der Waals surface area contributed by atoms with Gasteiger partial charge in [0.15, 0.2) is 0 Å². The predicted molar refractivity (Wildman–Crippen MR) is 60.6 cm³/mol. The summed E-state index contributed by atoms with van der Waals surface area (Å²) in [7, 11) is 0. The molecule has 0 aliphatic heterocycles. The number of aromatic amines is 1. The van der Waals surface area contributed by atoms with Gasteiger partial charge in [0, 0.05) is 13.0 Å². The fourth-order valence-electron chi connectivity index (χ4n) is 1.06. The lowest BCUT2D eigenvalue weighted by atomic mass is 10.1. The maximum Gasteiger partial charge on any atom is 0.234 e. The molecule has 1 aromatic rings. The van der Waals surface area contributed by atoms with Crippen LogP contribution in [0.15, 0.2) is 6.33 Å². The number of hydrogen-bond acceptors (Lipinski definition) is 3. The highest BCUT2D eigenvalue weighted by atomic mass is 79.9. The molecule has 0 saturated carbocycles. The van der Waals surface area contributed by atoms with Gasteiger partial charge in [-0.1, -0.05) is 29.8 Å². The molecule has 0 aliphatic rings. The fourth-order valence-corrected chi connectivity index (χ4v) is 1.22. The molecule has 15 heavy (non-hydrogen) atoms. The van der Waals surface area contributed by atoms with Crippen molar-refractivity contribution in [2.75, 3.05) is 6.54 Å². The lowest BCUT2D eigenvalue weighted by molar-refractivity contribution is -0.121. The third-order valence-corrected chi connectivity index (χ3v) is 3.43. The van der Waals surface area contributed by atoms with Gasteiger partial charge in [0.05, 0.1) is 4.83 Å². The first-order valence-electron chi connectivity index (χ1n) is 4.87. The Morgan fingerprint density at radius 2 is 2.40 bits per heavy atom. The van der Waals surface area contributed by atoms with Gasteiger partial charge in [-0.05, 0) is 5.92 Å². The van der Waals surface area contributed by atoms with Gasteiger partial charge in [0.1, 0.15) is 12.2 Å². The Labute approximate surface area is 97.2 Å². The summed E-state index contributed by atoms with van der Waals surface area (Å²) in [6.07, 6.45) is 2.13. The number of amides is 1. The first kappa shape index (κ1) is 12.2. The number of aromatic nitrogens is 3. The lowest BCUT2D eigenvalue weighted by Crippen LogP contribution is -2.35. The maximum atomic E-state index is 11.5. The number of hydrogen-bond donors (Lipinski definition) is 2. The smallest absolute Gasteiger partial charge is 0.234 e. The number of carbonyl (C=O) groups excluding carboxylic acids is 1. The van der Waals surface area contributed by atoms with Crippen molar-refractivity contribution in [1.29, 1.82) is 0 Å². The summed E-state index contributed by atoms with van der Waals surface area (Å²) in [6.45, 7) is 4.56. The SMILES string of the molecule is CC(C)C(Br)C(=O)NCCc1ncn[nH]1. The molecule has 1 unspecified atom stereocenters. The maximum absolute atomic E-state index is 11.5. The van der Waals surface area contributed by atoms with Gasteiger partial charge in [0.2, 0.25) is 5.91 Å². The van der Waals surface area contributed by atoms with E-state index in [9.17, 15) is 4.79 Å². The Morgan fingerprint density at radius 3 is 2.93 bits per heavy atom. The van der Waals surface area contributed by atoms with E-state index >= 15 is 0 Å². The van der Waals surface area contributed by atoms with Crippen molar-refractivity contribution in [1.82, 2.24) is 20.5 Å². The zero-order valence-electron chi connectivity index (χ0n) is 8.83. The van der Waals surface area contributed by atoms with Crippen LogP contribution in [0.3, 0.4) is 0 Å². The largest absolute Gasteiger partial charge is 0.355 e. The molecular weight excluding hydrogens is 260 g/mol. The summed E-state index contributed by atoms with van der Waals surface area (Å²) < 4.78 is 0. The number of rotatable bonds is 5. The molecule has 2 N–H and O–H groups in total. The molecule has 0 radical (unpaired) electrons. The minimum atomic E-state index is -0.132. The quantitative estimate of drug-likeness (QED) is 0.784. The molecule has 1 atom stereocenters. The second-order valence-corrected chi connectivity index (χ2v) is 4.61. The highest BCUT2D eigenvalue weighted by molar-refractivity contribution is 9.10. The van der Waals surface area contributed by atoms with Crippen LogP contribution in [0.25, 0.3) is 0 Å². The van der Waals surface area contributed by atoms with Gasteiger partial charge in [-0.3, -0.25) is 9.89 Å². The van der Waals surface area contributed by atoms with E-state index in [0.717, 1.165) is 5.82 Å². The molecule has 1 rings (SSSR count). The number of alkyl halides is 1. The second kappa shape index (κ2) is 5.85. The molecule has 1 amide bonds. The highest BCUT2D eigenvalue weighted by Crippen LogP contribution is 2.11. The number of nitrogens with one attached hydrogen (secondary N) is 2. The monoisotopic (exact) mass is 274 g/mol. The first-order chi connectivity index (χ1) is 7.11. The summed E-state index contributed by atoms with van der Waals surface area (Å²) in [6, 6.07) is 0. The lowest BCUT2D eigenvalue weighted by Gasteiger charge is -2.13. The molecule has 1 heterocycles. The van der Waals surface area contributed by atoms with Crippen LogP contribution in [-0.2, 0) is 11.2 Å². The van der Waals surface area contributed by atoms with E-state index in [1.807, 2.05) is 13.8 Å². The first-order valence-corrected chi connectivity index (χ1v) is 5.79. The molecule has 0 aromatic carbocycles. The Bertz CT molecular complexity index is 299. The Morgan fingerprint density at radius 1 is 1.67 bits per heavy atom. The molecule has 0 saturated heterocycles. The van der Waals surface area contributed by atoms with Crippen LogP contribution in [0, 0.1) is 5.92 Å². The van der Waals surface area contributed by atoms with E-state index in [-0.39, 0.29) is 16.7 Å². The summed E-state index contributed by atoms with van der Waals surface area (Å²) in [5, 5.41) is 9.29. The van der Waals surface area contributed by atoms with Crippen molar-refractivity contribution in [2.45, 2.75) is 25.1 Å². The van der Waals surface area contributed by atoms with Gasteiger partial charge in [-0.25, -0.2) is 4.98 Å². The second-order valence-electron chi connectivity index (χ2n) is 3.62. The molecule has 0 aliphatic carbocycles. The van der Waals surface area contributed by atoms with E-state index < -0.39 is 0 Å². The van der Waals surface area contributed by atoms with Crippen molar-refractivity contribution >= 4 is 21.8 Å². The zero-order valence-corrected chi connectivity index (χ0v) is 10.4. The molecular formula is C9H15BrN4O. The van der Waals surface area contributed by atoms with Crippen molar-refractivity contribution in [2.24, 2.45) is 5.92 Å². The average molecular weight is 275 g/mol. The van der Waals surface area contributed by atoms with Crippen molar-refractivity contribution < 1.29 is 4.79 Å². The summed E-state index contributed by atoms with van der Waals surface area (Å²) >= 11 is 3.34. The van der Waals surface area contributed by atoms with Gasteiger partial charge >= 0.3 is 0 Å². The molecule has 0 fully saturated rings. The summed E-state index contributed by atoms with van der Waals surface area (Å²) in [5.41, 5.74) is 0. The van der Waals surface area contributed by atoms with Crippen LogP contribution in [0.1, 0.15) is 19.7 Å². The number of H-pyrrole nitrogens is 1. The third-order valence-electron chi connectivity index (χ3n) is 1.96. The topological polar surface area (TPSA) is 70.7 Å². The van der Waals surface area contributed by atoms with E-state index in [4.69, 9.17) is 0 Å². The number of halogens is 1. The fraction of sp³-hybridized carbons (Fsp3) is 0.667.